The minimum atomic E-state index is -0.0466. The molecule has 1 saturated heterocycles. The Kier molecular flexibility index (Phi) is 5.77. The Morgan fingerprint density at radius 3 is 2.69 bits per heavy atom. The summed E-state index contributed by atoms with van der Waals surface area (Å²) in [5.41, 5.74) is 1.03. The van der Waals surface area contributed by atoms with E-state index in [0.717, 1.165) is 36.1 Å². The van der Waals surface area contributed by atoms with E-state index in [0.29, 0.717) is 26.1 Å². The summed E-state index contributed by atoms with van der Waals surface area (Å²) in [7, 11) is 3.25. The first-order valence-corrected chi connectivity index (χ1v) is 8.55. The quantitative estimate of drug-likeness (QED) is 0.795. The fourth-order valence-electron chi connectivity index (χ4n) is 2.95. The Balaban J connectivity index is 1.45. The molecule has 2 N–H and O–H groups in total. The van der Waals surface area contributed by atoms with Crippen LogP contribution >= 0.6 is 0 Å². The molecule has 0 aliphatic carbocycles. The molecule has 1 aliphatic heterocycles. The van der Waals surface area contributed by atoms with Crippen LogP contribution in [0.1, 0.15) is 5.56 Å². The normalized spacial score (nSPS) is 14.2. The van der Waals surface area contributed by atoms with Crippen LogP contribution in [0.25, 0.3) is 0 Å². The molecule has 0 saturated carbocycles. The van der Waals surface area contributed by atoms with Crippen LogP contribution in [0.3, 0.4) is 0 Å². The van der Waals surface area contributed by atoms with Crippen molar-refractivity contribution in [1.82, 2.24) is 25.4 Å². The molecule has 0 atom stereocenters. The zero-order chi connectivity index (χ0) is 18.4. The maximum atomic E-state index is 12.3. The van der Waals surface area contributed by atoms with Gasteiger partial charge in [-0.05, 0) is 18.1 Å². The van der Waals surface area contributed by atoms with Crippen molar-refractivity contribution in [2.24, 2.45) is 0 Å². The maximum Gasteiger partial charge on any atom is 0.317 e. The first-order valence-electron chi connectivity index (χ1n) is 8.55. The average Bonchev–Trinajstić information content (AvgIpc) is 3.23. The standard InChI is InChI=1S/C17H24N6O3/c1-25-14-4-3-13(15(11-14)26-2)5-6-18-17(24)23-9-7-22(8-10-23)16-19-12-20-21-16/h3-4,11-12H,5-10H2,1-2H3,(H,18,24)(H,19,20,21). The first kappa shape index (κ1) is 17.8. The average molecular weight is 360 g/mol. The van der Waals surface area contributed by atoms with E-state index in [1.54, 1.807) is 14.2 Å². The number of carbonyl (C=O) groups excluding carboxylic acids is 1. The Morgan fingerprint density at radius 2 is 2.04 bits per heavy atom. The lowest BCUT2D eigenvalue weighted by Crippen LogP contribution is -2.52. The molecule has 9 nitrogen and oxygen atoms in total. The van der Waals surface area contributed by atoms with Crippen molar-refractivity contribution in [2.45, 2.75) is 6.42 Å². The Bertz CT molecular complexity index is 713. The number of nitrogens with zero attached hydrogens (tertiary/aromatic N) is 4. The van der Waals surface area contributed by atoms with E-state index in [1.807, 2.05) is 23.1 Å². The van der Waals surface area contributed by atoms with E-state index in [4.69, 9.17) is 9.47 Å². The molecule has 0 bridgehead atoms. The molecule has 3 rings (SSSR count). The van der Waals surface area contributed by atoms with Crippen molar-refractivity contribution in [1.29, 1.82) is 0 Å². The number of hydrogen-bond donors (Lipinski definition) is 2. The van der Waals surface area contributed by atoms with Gasteiger partial charge in [-0.25, -0.2) is 9.89 Å². The molecule has 0 unspecified atom stereocenters. The second kappa shape index (κ2) is 8.41. The number of aromatic amines is 1. The van der Waals surface area contributed by atoms with Crippen molar-refractivity contribution < 1.29 is 14.3 Å². The van der Waals surface area contributed by atoms with Crippen LogP contribution in [0.4, 0.5) is 10.7 Å². The Morgan fingerprint density at radius 1 is 1.23 bits per heavy atom. The number of H-pyrrole nitrogens is 1. The third-order valence-corrected chi connectivity index (χ3v) is 4.43. The summed E-state index contributed by atoms with van der Waals surface area (Å²) in [4.78, 5) is 20.4. The number of methoxy groups -OCH3 is 2. The molecule has 26 heavy (non-hydrogen) atoms. The highest BCUT2D eigenvalue weighted by Gasteiger charge is 2.22. The van der Waals surface area contributed by atoms with E-state index in [9.17, 15) is 4.79 Å². The second-order valence-corrected chi connectivity index (χ2v) is 5.94. The lowest BCUT2D eigenvalue weighted by atomic mass is 10.1. The molecule has 140 valence electrons. The number of anilines is 1. The van der Waals surface area contributed by atoms with Crippen LogP contribution < -0.4 is 19.7 Å². The third-order valence-electron chi connectivity index (χ3n) is 4.43. The summed E-state index contributed by atoms with van der Waals surface area (Å²) < 4.78 is 10.6. The van der Waals surface area contributed by atoms with E-state index < -0.39 is 0 Å². The highest BCUT2D eigenvalue weighted by molar-refractivity contribution is 5.74. The topological polar surface area (TPSA) is 95.6 Å². The number of urea groups is 1. The van der Waals surface area contributed by atoms with Crippen molar-refractivity contribution in [3.05, 3.63) is 30.1 Å². The van der Waals surface area contributed by atoms with Crippen molar-refractivity contribution in [3.8, 4) is 11.5 Å². The first-order chi connectivity index (χ1) is 12.7. The van der Waals surface area contributed by atoms with E-state index in [2.05, 4.69) is 25.4 Å². The zero-order valence-electron chi connectivity index (χ0n) is 15.1. The van der Waals surface area contributed by atoms with E-state index in [1.165, 1.54) is 6.33 Å². The van der Waals surface area contributed by atoms with Gasteiger partial charge in [0.1, 0.15) is 17.8 Å². The molecule has 2 amide bonds. The molecular formula is C17H24N6O3. The van der Waals surface area contributed by atoms with E-state index >= 15 is 0 Å². The minimum Gasteiger partial charge on any atom is -0.497 e. The lowest BCUT2D eigenvalue weighted by Gasteiger charge is -2.34. The number of benzene rings is 1. The largest absolute Gasteiger partial charge is 0.497 e. The number of rotatable bonds is 6. The number of ether oxygens (including phenoxy) is 2. The summed E-state index contributed by atoms with van der Waals surface area (Å²) in [5, 5.41) is 9.68. The highest BCUT2D eigenvalue weighted by atomic mass is 16.5. The number of hydrogen-bond acceptors (Lipinski definition) is 6. The van der Waals surface area contributed by atoms with Gasteiger partial charge in [-0.15, -0.1) is 0 Å². The molecule has 2 heterocycles. The van der Waals surface area contributed by atoms with Crippen LogP contribution in [-0.4, -0.2) is 73.1 Å². The summed E-state index contributed by atoms with van der Waals surface area (Å²) in [6, 6.07) is 5.65. The summed E-state index contributed by atoms with van der Waals surface area (Å²) in [6.45, 7) is 3.31. The van der Waals surface area contributed by atoms with Crippen LogP contribution in [-0.2, 0) is 6.42 Å². The minimum absolute atomic E-state index is 0.0466. The van der Waals surface area contributed by atoms with Crippen molar-refractivity contribution in [3.63, 3.8) is 0 Å². The molecule has 1 aromatic carbocycles. The van der Waals surface area contributed by atoms with Crippen molar-refractivity contribution >= 4 is 12.0 Å². The molecule has 1 fully saturated rings. The van der Waals surface area contributed by atoms with Gasteiger partial charge in [0, 0.05) is 38.8 Å². The van der Waals surface area contributed by atoms with Crippen LogP contribution in [0.15, 0.2) is 24.5 Å². The third kappa shape index (κ3) is 4.16. The Labute approximate surface area is 152 Å². The Hall–Kier alpha value is -2.97. The van der Waals surface area contributed by atoms with Crippen molar-refractivity contribution in [2.75, 3.05) is 51.8 Å². The number of carbonyl (C=O) groups is 1. The lowest BCUT2D eigenvalue weighted by molar-refractivity contribution is 0.194. The van der Waals surface area contributed by atoms with Gasteiger partial charge in [0.25, 0.3) is 0 Å². The summed E-state index contributed by atoms with van der Waals surface area (Å²) in [6.07, 6.45) is 2.18. The van der Waals surface area contributed by atoms with E-state index in [-0.39, 0.29) is 6.03 Å². The molecule has 9 heteroatoms. The zero-order valence-corrected chi connectivity index (χ0v) is 15.1. The molecular weight excluding hydrogens is 336 g/mol. The van der Waals surface area contributed by atoms with Crippen LogP contribution in [0, 0.1) is 0 Å². The van der Waals surface area contributed by atoms with Gasteiger partial charge in [-0.2, -0.15) is 10.1 Å². The number of amides is 2. The smallest absolute Gasteiger partial charge is 0.317 e. The van der Waals surface area contributed by atoms with Gasteiger partial charge in [0.2, 0.25) is 5.95 Å². The van der Waals surface area contributed by atoms with Gasteiger partial charge >= 0.3 is 6.03 Å². The van der Waals surface area contributed by atoms with Crippen LogP contribution in [0.5, 0.6) is 11.5 Å². The van der Waals surface area contributed by atoms with Gasteiger partial charge in [0.05, 0.1) is 14.2 Å². The fourth-order valence-corrected chi connectivity index (χ4v) is 2.95. The summed E-state index contributed by atoms with van der Waals surface area (Å²) in [5.74, 6) is 2.26. The maximum absolute atomic E-state index is 12.3. The molecule has 2 aromatic rings. The number of nitrogens with one attached hydrogen (secondary N) is 2. The second-order valence-electron chi connectivity index (χ2n) is 5.94. The molecule has 1 aliphatic rings. The van der Waals surface area contributed by atoms with Gasteiger partial charge in [-0.1, -0.05) is 6.07 Å². The monoisotopic (exact) mass is 360 g/mol. The number of aromatic nitrogens is 3. The summed E-state index contributed by atoms with van der Waals surface area (Å²) >= 11 is 0. The SMILES string of the molecule is COc1ccc(CCNC(=O)N2CCN(c3ncn[nH]3)CC2)c(OC)c1. The van der Waals surface area contributed by atoms with Gasteiger partial charge < -0.3 is 24.6 Å². The van der Waals surface area contributed by atoms with Crippen LogP contribution in [0.2, 0.25) is 0 Å². The predicted molar refractivity (Wildman–Crippen MR) is 96.8 cm³/mol. The molecule has 0 spiro atoms. The van der Waals surface area contributed by atoms with Gasteiger partial charge in [-0.3, -0.25) is 0 Å². The molecule has 1 aromatic heterocycles. The fraction of sp³-hybridized carbons (Fsp3) is 0.471. The number of piperazine rings is 1. The highest BCUT2D eigenvalue weighted by Crippen LogP contribution is 2.24. The van der Waals surface area contributed by atoms with Gasteiger partial charge in [0.15, 0.2) is 0 Å². The predicted octanol–water partition coefficient (Wildman–Crippen LogP) is 0.896. The molecule has 0 radical (unpaired) electrons.